The Balaban J connectivity index is 2.14. The predicted octanol–water partition coefficient (Wildman–Crippen LogP) is 2.41. The lowest BCUT2D eigenvalue weighted by atomic mass is 9.97. The number of aliphatic carboxylic acids is 1. The molecule has 1 N–H and O–H groups in total. The smallest absolute Gasteiger partial charge is 0.308 e. The van der Waals surface area contributed by atoms with E-state index in [1.807, 2.05) is 0 Å². The number of carbonyl (C=O) groups is 2. The Kier molecular flexibility index (Phi) is 4.19. The number of rotatable bonds is 3. The van der Waals surface area contributed by atoms with E-state index in [0.717, 1.165) is 0 Å². The molecule has 0 radical (unpaired) electrons. The summed E-state index contributed by atoms with van der Waals surface area (Å²) in [6.07, 6.45) is 0.596. The Morgan fingerprint density at radius 1 is 1.53 bits per heavy atom. The average molecular weight is 330 g/mol. The van der Waals surface area contributed by atoms with Gasteiger partial charge in [-0.1, -0.05) is 12.1 Å². The van der Waals surface area contributed by atoms with Crippen LogP contribution < -0.4 is 0 Å². The molecule has 1 aromatic rings. The first-order valence-corrected chi connectivity index (χ1v) is 6.72. The van der Waals surface area contributed by atoms with Crippen LogP contribution in [0.5, 0.6) is 0 Å². The fourth-order valence-corrected chi connectivity index (χ4v) is 2.54. The number of amides is 1. The standard InChI is InChI=1S/C13H13BrFNO3/c14-12-8(2-1-3-10(12)15)6-16-7-9(13(18)19)4-5-11(16)17/h1-3,9H,4-7H2,(H,18,19). The summed E-state index contributed by atoms with van der Waals surface area (Å²) in [6.45, 7) is 0.401. The van der Waals surface area contributed by atoms with Gasteiger partial charge in [-0.05, 0) is 34.0 Å². The Labute approximate surface area is 118 Å². The molecule has 1 aromatic carbocycles. The van der Waals surface area contributed by atoms with Crippen LogP contribution in [-0.2, 0) is 16.1 Å². The number of hydrogen-bond donors (Lipinski definition) is 1. The molecule has 2 rings (SSSR count). The van der Waals surface area contributed by atoms with E-state index in [9.17, 15) is 14.0 Å². The highest BCUT2D eigenvalue weighted by Gasteiger charge is 2.30. The van der Waals surface area contributed by atoms with Crippen molar-refractivity contribution >= 4 is 27.8 Å². The van der Waals surface area contributed by atoms with Gasteiger partial charge in [-0.25, -0.2) is 4.39 Å². The third-order valence-corrected chi connectivity index (χ3v) is 4.13. The van der Waals surface area contributed by atoms with Gasteiger partial charge in [0.1, 0.15) is 5.82 Å². The fraction of sp³-hybridized carbons (Fsp3) is 0.385. The number of carbonyl (C=O) groups excluding carboxylic acids is 1. The molecule has 4 nitrogen and oxygen atoms in total. The SMILES string of the molecule is O=C(O)C1CCC(=O)N(Cc2cccc(F)c2Br)C1. The number of benzene rings is 1. The largest absolute Gasteiger partial charge is 0.481 e. The van der Waals surface area contributed by atoms with Crippen LogP contribution in [0.3, 0.4) is 0 Å². The summed E-state index contributed by atoms with van der Waals surface area (Å²) in [4.78, 5) is 24.2. The first-order valence-electron chi connectivity index (χ1n) is 5.92. The van der Waals surface area contributed by atoms with Crippen LogP contribution >= 0.6 is 15.9 Å². The van der Waals surface area contributed by atoms with Gasteiger partial charge in [0, 0.05) is 19.5 Å². The Bertz CT molecular complexity index is 521. The molecule has 6 heteroatoms. The first kappa shape index (κ1) is 14.0. The van der Waals surface area contributed by atoms with Gasteiger partial charge in [-0.3, -0.25) is 9.59 Å². The highest BCUT2D eigenvalue weighted by atomic mass is 79.9. The van der Waals surface area contributed by atoms with Crippen LogP contribution in [0.2, 0.25) is 0 Å². The van der Waals surface area contributed by atoms with E-state index in [2.05, 4.69) is 15.9 Å². The molecule has 0 bridgehead atoms. The zero-order valence-corrected chi connectivity index (χ0v) is 11.7. The van der Waals surface area contributed by atoms with E-state index in [4.69, 9.17) is 5.11 Å². The number of hydrogen-bond acceptors (Lipinski definition) is 2. The minimum Gasteiger partial charge on any atom is -0.481 e. The minimum absolute atomic E-state index is 0.0892. The highest BCUT2D eigenvalue weighted by molar-refractivity contribution is 9.10. The third kappa shape index (κ3) is 3.12. The molecule has 1 aliphatic rings. The summed E-state index contributed by atoms with van der Waals surface area (Å²) in [7, 11) is 0. The van der Waals surface area contributed by atoms with Crippen molar-refractivity contribution in [1.82, 2.24) is 4.90 Å². The predicted molar refractivity (Wildman–Crippen MR) is 69.9 cm³/mol. The van der Waals surface area contributed by atoms with Gasteiger partial charge in [0.25, 0.3) is 0 Å². The van der Waals surface area contributed by atoms with Gasteiger partial charge < -0.3 is 10.0 Å². The van der Waals surface area contributed by atoms with Gasteiger partial charge in [-0.15, -0.1) is 0 Å². The molecule has 1 saturated heterocycles. The van der Waals surface area contributed by atoms with Crippen molar-refractivity contribution in [2.75, 3.05) is 6.54 Å². The number of piperidine rings is 1. The summed E-state index contributed by atoms with van der Waals surface area (Å²) in [5, 5.41) is 9.00. The van der Waals surface area contributed by atoms with Crippen molar-refractivity contribution in [2.45, 2.75) is 19.4 Å². The molecule has 0 aromatic heterocycles. The van der Waals surface area contributed by atoms with Crippen molar-refractivity contribution < 1.29 is 19.1 Å². The maximum Gasteiger partial charge on any atom is 0.308 e. The molecular formula is C13H13BrFNO3. The monoisotopic (exact) mass is 329 g/mol. The van der Waals surface area contributed by atoms with Gasteiger partial charge >= 0.3 is 5.97 Å². The van der Waals surface area contributed by atoms with E-state index in [1.54, 1.807) is 12.1 Å². The second-order valence-electron chi connectivity index (χ2n) is 4.56. The molecular weight excluding hydrogens is 317 g/mol. The normalized spacial score (nSPS) is 19.6. The maximum atomic E-state index is 13.4. The molecule has 1 atom stereocenters. The second-order valence-corrected chi connectivity index (χ2v) is 5.35. The van der Waals surface area contributed by atoms with E-state index in [1.165, 1.54) is 11.0 Å². The van der Waals surface area contributed by atoms with Crippen molar-refractivity contribution in [1.29, 1.82) is 0 Å². The maximum absolute atomic E-state index is 13.4. The Morgan fingerprint density at radius 3 is 2.95 bits per heavy atom. The average Bonchev–Trinajstić information content (AvgIpc) is 2.37. The van der Waals surface area contributed by atoms with Gasteiger partial charge in [0.2, 0.25) is 5.91 Å². The number of carboxylic acids is 1. The summed E-state index contributed by atoms with van der Waals surface area (Å²) in [5.41, 5.74) is 0.638. The molecule has 0 saturated carbocycles. The zero-order chi connectivity index (χ0) is 14.0. The van der Waals surface area contributed by atoms with E-state index in [0.29, 0.717) is 16.5 Å². The van der Waals surface area contributed by atoms with Gasteiger partial charge in [0.05, 0.1) is 10.4 Å². The van der Waals surface area contributed by atoms with E-state index in [-0.39, 0.29) is 25.4 Å². The van der Waals surface area contributed by atoms with Crippen LogP contribution in [0, 0.1) is 11.7 Å². The molecule has 1 amide bonds. The van der Waals surface area contributed by atoms with Crippen molar-refractivity contribution in [3.05, 3.63) is 34.1 Å². The summed E-state index contributed by atoms with van der Waals surface area (Å²) >= 11 is 3.14. The molecule has 0 spiro atoms. The molecule has 1 aliphatic heterocycles. The molecule has 1 unspecified atom stereocenters. The minimum atomic E-state index is -0.893. The van der Waals surface area contributed by atoms with Crippen LogP contribution in [0.1, 0.15) is 18.4 Å². The van der Waals surface area contributed by atoms with Crippen LogP contribution in [0.15, 0.2) is 22.7 Å². The summed E-state index contributed by atoms with van der Waals surface area (Å²) in [5.74, 6) is -1.91. The highest BCUT2D eigenvalue weighted by Crippen LogP contribution is 2.25. The quantitative estimate of drug-likeness (QED) is 0.926. The number of carboxylic acid groups (broad SMARTS) is 1. The third-order valence-electron chi connectivity index (χ3n) is 3.24. The molecule has 1 heterocycles. The topological polar surface area (TPSA) is 57.6 Å². The molecule has 0 aliphatic carbocycles. The Hall–Kier alpha value is -1.43. The van der Waals surface area contributed by atoms with Crippen LogP contribution in [0.25, 0.3) is 0 Å². The van der Waals surface area contributed by atoms with Crippen LogP contribution in [0.4, 0.5) is 4.39 Å². The summed E-state index contributed by atoms with van der Waals surface area (Å²) < 4.78 is 13.7. The lowest BCUT2D eigenvalue weighted by Crippen LogP contribution is -2.42. The first-order chi connectivity index (χ1) is 8.99. The van der Waals surface area contributed by atoms with Gasteiger partial charge in [0.15, 0.2) is 0 Å². The fourth-order valence-electron chi connectivity index (χ4n) is 2.15. The lowest BCUT2D eigenvalue weighted by molar-refractivity contribution is -0.147. The van der Waals surface area contributed by atoms with Crippen molar-refractivity contribution in [3.63, 3.8) is 0 Å². The summed E-state index contributed by atoms with van der Waals surface area (Å²) in [6, 6.07) is 4.61. The van der Waals surface area contributed by atoms with Crippen LogP contribution in [-0.4, -0.2) is 28.4 Å². The second kappa shape index (κ2) is 5.69. The number of likely N-dealkylation sites (tertiary alicyclic amines) is 1. The molecule has 102 valence electrons. The van der Waals surface area contributed by atoms with Gasteiger partial charge in [-0.2, -0.15) is 0 Å². The lowest BCUT2D eigenvalue weighted by Gasteiger charge is -2.31. The molecule has 19 heavy (non-hydrogen) atoms. The van der Waals surface area contributed by atoms with Crippen molar-refractivity contribution in [2.24, 2.45) is 5.92 Å². The Morgan fingerprint density at radius 2 is 2.26 bits per heavy atom. The number of halogens is 2. The number of nitrogens with zero attached hydrogens (tertiary/aromatic N) is 1. The zero-order valence-electron chi connectivity index (χ0n) is 10.1. The molecule has 1 fully saturated rings. The van der Waals surface area contributed by atoms with Crippen molar-refractivity contribution in [3.8, 4) is 0 Å². The van der Waals surface area contributed by atoms with E-state index < -0.39 is 17.7 Å². The van der Waals surface area contributed by atoms with E-state index >= 15 is 0 Å².